The third kappa shape index (κ3) is 5.74. The molecule has 0 aliphatic carbocycles. The normalized spacial score (nSPS) is 10.4. The first kappa shape index (κ1) is 19.3. The lowest BCUT2D eigenvalue weighted by atomic mass is 10.0. The van der Waals surface area contributed by atoms with Crippen molar-refractivity contribution in [1.29, 1.82) is 0 Å². The number of methoxy groups -OCH3 is 1. The Morgan fingerprint density at radius 3 is 2.15 bits per heavy atom. The minimum absolute atomic E-state index is 0.746. The molecule has 0 aliphatic rings. The largest absolute Gasteiger partial charge is 0.505 e. The second-order valence-corrected chi connectivity index (χ2v) is 7.39. The Morgan fingerprint density at radius 2 is 1.48 bits per heavy atom. The molecule has 0 saturated carbocycles. The quantitative estimate of drug-likeness (QED) is 0.246. The van der Waals surface area contributed by atoms with Crippen LogP contribution in [0, 0.1) is 15.4 Å². The Bertz CT molecular complexity index is 958. The highest BCUT2D eigenvalue weighted by molar-refractivity contribution is 14.1. The van der Waals surface area contributed by atoms with E-state index in [-0.39, 0.29) is 0 Å². The molecule has 0 saturated heterocycles. The molecule has 0 amide bonds. The van der Waals surface area contributed by atoms with Crippen LogP contribution in [0.5, 0.6) is 0 Å². The zero-order valence-electron chi connectivity index (χ0n) is 15.3. The van der Waals surface area contributed by atoms with Crippen LogP contribution in [-0.2, 0) is 17.6 Å². The maximum Gasteiger partial charge on any atom is 0.0788 e. The molecule has 0 bridgehead atoms. The van der Waals surface area contributed by atoms with Gasteiger partial charge in [-0.05, 0) is 81.6 Å². The van der Waals surface area contributed by atoms with Crippen molar-refractivity contribution in [1.82, 2.24) is 0 Å². The van der Waals surface area contributed by atoms with Gasteiger partial charge in [0, 0.05) is 15.6 Å². The fourth-order valence-corrected chi connectivity index (χ4v) is 3.19. The predicted molar refractivity (Wildman–Crippen MR) is 121 cm³/mol. The minimum Gasteiger partial charge on any atom is -0.505 e. The number of benzene rings is 3. The summed E-state index contributed by atoms with van der Waals surface area (Å²) in [5.74, 6) is 6.59. The maximum absolute atomic E-state index is 4.98. The van der Waals surface area contributed by atoms with Crippen molar-refractivity contribution in [2.45, 2.75) is 12.8 Å². The van der Waals surface area contributed by atoms with E-state index in [9.17, 15) is 0 Å². The van der Waals surface area contributed by atoms with Crippen LogP contribution in [0.1, 0.15) is 16.7 Å². The number of hydrogen-bond acceptors (Lipinski definition) is 1. The van der Waals surface area contributed by atoms with Gasteiger partial charge >= 0.3 is 0 Å². The molecule has 0 N–H and O–H groups in total. The molecule has 3 aromatic rings. The highest BCUT2D eigenvalue weighted by atomic mass is 127. The third-order valence-electron chi connectivity index (χ3n) is 4.26. The van der Waals surface area contributed by atoms with Gasteiger partial charge in [-0.15, -0.1) is 0 Å². The van der Waals surface area contributed by atoms with Gasteiger partial charge in [-0.2, -0.15) is 0 Å². The van der Waals surface area contributed by atoms with E-state index >= 15 is 0 Å². The number of ether oxygens (including phenoxy) is 1. The van der Waals surface area contributed by atoms with Crippen LogP contribution in [0.3, 0.4) is 0 Å². The summed E-state index contributed by atoms with van der Waals surface area (Å²) in [6, 6.07) is 25.4. The van der Waals surface area contributed by atoms with Crippen molar-refractivity contribution in [3.63, 3.8) is 0 Å². The Labute approximate surface area is 175 Å². The van der Waals surface area contributed by atoms with Crippen LogP contribution >= 0.6 is 22.6 Å². The number of hydrogen-bond donors (Lipinski definition) is 0. The molecular formula is C25H21IO. The van der Waals surface area contributed by atoms with Gasteiger partial charge < -0.3 is 4.74 Å². The van der Waals surface area contributed by atoms with E-state index in [0.29, 0.717) is 0 Å². The molecule has 3 aromatic carbocycles. The Hall–Kier alpha value is -2.51. The minimum atomic E-state index is 0.746. The topological polar surface area (TPSA) is 9.23 Å². The Kier molecular flexibility index (Phi) is 7.12. The SMILES string of the molecule is CO/C=C/Cc1ccccc1CC#Cc1ccc(-c2ccc(I)cc2)cc1. The van der Waals surface area contributed by atoms with E-state index in [1.807, 2.05) is 6.08 Å². The van der Waals surface area contributed by atoms with Crippen LogP contribution in [0.15, 0.2) is 85.1 Å². The van der Waals surface area contributed by atoms with Gasteiger partial charge in [-0.1, -0.05) is 60.4 Å². The third-order valence-corrected chi connectivity index (χ3v) is 4.98. The average molecular weight is 464 g/mol. The van der Waals surface area contributed by atoms with Crippen LogP contribution < -0.4 is 0 Å². The molecule has 1 nitrogen and oxygen atoms in total. The lowest BCUT2D eigenvalue weighted by Gasteiger charge is -2.04. The molecule has 0 fully saturated rings. The van der Waals surface area contributed by atoms with Crippen LogP contribution in [0.4, 0.5) is 0 Å². The molecule has 134 valence electrons. The van der Waals surface area contributed by atoms with Gasteiger partial charge in [-0.3, -0.25) is 0 Å². The summed E-state index contributed by atoms with van der Waals surface area (Å²) in [5, 5.41) is 0. The fraction of sp³-hybridized carbons (Fsp3) is 0.120. The first-order chi connectivity index (χ1) is 13.3. The lowest BCUT2D eigenvalue weighted by molar-refractivity contribution is 0.337. The molecule has 2 heteroatoms. The van der Waals surface area contributed by atoms with Crippen molar-refractivity contribution < 1.29 is 4.74 Å². The van der Waals surface area contributed by atoms with E-state index in [0.717, 1.165) is 18.4 Å². The molecule has 0 heterocycles. The summed E-state index contributed by atoms with van der Waals surface area (Å²) in [6.07, 6.45) is 5.35. The Morgan fingerprint density at radius 1 is 0.852 bits per heavy atom. The van der Waals surface area contributed by atoms with Crippen LogP contribution in [0.25, 0.3) is 11.1 Å². The standard InChI is InChI=1S/C25H21IO/c1-27-19-5-10-22-8-3-2-7-21(22)9-4-6-20-11-13-23(14-12-20)24-15-17-25(26)18-16-24/h2-3,5,7-8,11-19H,9-10H2,1H3/b19-5+. The molecule has 0 radical (unpaired) electrons. The van der Waals surface area contributed by atoms with Crippen molar-refractivity contribution in [3.8, 4) is 23.0 Å². The van der Waals surface area contributed by atoms with E-state index in [2.05, 4.69) is 107 Å². The maximum atomic E-state index is 4.98. The molecule has 3 rings (SSSR count). The average Bonchev–Trinajstić information content (AvgIpc) is 2.70. The van der Waals surface area contributed by atoms with Gasteiger partial charge in [0.2, 0.25) is 0 Å². The molecule has 0 spiro atoms. The van der Waals surface area contributed by atoms with Gasteiger partial charge in [0.15, 0.2) is 0 Å². The predicted octanol–water partition coefficient (Wildman–Crippen LogP) is 6.26. The van der Waals surface area contributed by atoms with Gasteiger partial charge in [0.1, 0.15) is 0 Å². The Balaban J connectivity index is 1.68. The van der Waals surface area contributed by atoms with Crippen molar-refractivity contribution in [3.05, 3.63) is 105 Å². The molecular weight excluding hydrogens is 443 g/mol. The summed E-state index contributed by atoms with van der Waals surface area (Å²) < 4.78 is 6.23. The van der Waals surface area contributed by atoms with Crippen LogP contribution in [0.2, 0.25) is 0 Å². The summed E-state index contributed by atoms with van der Waals surface area (Å²) in [5.41, 5.74) is 6.04. The number of rotatable bonds is 5. The van der Waals surface area contributed by atoms with E-state index in [1.54, 1.807) is 13.4 Å². The van der Waals surface area contributed by atoms with Crippen molar-refractivity contribution in [2.75, 3.05) is 7.11 Å². The first-order valence-electron chi connectivity index (χ1n) is 8.86. The second-order valence-electron chi connectivity index (χ2n) is 6.14. The fourth-order valence-electron chi connectivity index (χ4n) is 2.83. The van der Waals surface area contributed by atoms with E-state index in [1.165, 1.54) is 25.8 Å². The van der Waals surface area contributed by atoms with Crippen molar-refractivity contribution in [2.24, 2.45) is 0 Å². The highest BCUT2D eigenvalue weighted by Crippen LogP contribution is 2.20. The van der Waals surface area contributed by atoms with Gasteiger partial charge in [0.05, 0.1) is 13.4 Å². The van der Waals surface area contributed by atoms with E-state index < -0.39 is 0 Å². The summed E-state index contributed by atoms with van der Waals surface area (Å²) in [6.45, 7) is 0. The summed E-state index contributed by atoms with van der Waals surface area (Å²) >= 11 is 2.32. The van der Waals surface area contributed by atoms with Gasteiger partial charge in [-0.25, -0.2) is 0 Å². The molecule has 27 heavy (non-hydrogen) atoms. The summed E-state index contributed by atoms with van der Waals surface area (Å²) in [7, 11) is 1.66. The summed E-state index contributed by atoms with van der Waals surface area (Å²) in [4.78, 5) is 0. The smallest absolute Gasteiger partial charge is 0.0788 e. The lowest BCUT2D eigenvalue weighted by Crippen LogP contribution is -1.91. The zero-order chi connectivity index (χ0) is 18.9. The number of allylic oxidation sites excluding steroid dienone is 1. The van der Waals surface area contributed by atoms with Crippen molar-refractivity contribution >= 4 is 22.6 Å². The molecule has 0 aromatic heterocycles. The molecule has 0 aliphatic heterocycles. The highest BCUT2D eigenvalue weighted by Gasteiger charge is 1.99. The molecule has 0 unspecified atom stereocenters. The monoisotopic (exact) mass is 464 g/mol. The molecule has 0 atom stereocenters. The van der Waals surface area contributed by atoms with E-state index in [4.69, 9.17) is 4.74 Å². The second kappa shape index (κ2) is 9.99. The van der Waals surface area contributed by atoms with Gasteiger partial charge in [0.25, 0.3) is 0 Å². The zero-order valence-corrected chi connectivity index (χ0v) is 17.4. The first-order valence-corrected chi connectivity index (χ1v) is 9.93. The van der Waals surface area contributed by atoms with Crippen LogP contribution in [-0.4, -0.2) is 7.11 Å². The number of halogens is 1.